The van der Waals surface area contributed by atoms with Gasteiger partial charge < -0.3 is 14.5 Å². The van der Waals surface area contributed by atoms with E-state index in [-0.39, 0.29) is 12.0 Å². The van der Waals surface area contributed by atoms with Crippen molar-refractivity contribution in [3.8, 4) is 0 Å². The number of likely N-dealkylation sites (N-methyl/N-ethyl adjacent to an activating group) is 1. The summed E-state index contributed by atoms with van der Waals surface area (Å²) in [5.41, 5.74) is 0.792. The molecule has 0 saturated carbocycles. The predicted octanol–water partition coefficient (Wildman–Crippen LogP) is 1.66. The van der Waals surface area contributed by atoms with E-state index in [0.29, 0.717) is 13.1 Å². The van der Waals surface area contributed by atoms with Crippen molar-refractivity contribution in [2.24, 2.45) is 0 Å². The van der Waals surface area contributed by atoms with Crippen molar-refractivity contribution in [1.29, 1.82) is 0 Å². The third kappa shape index (κ3) is 5.58. The Morgan fingerprint density at radius 3 is 2.91 bits per heavy atom. The first-order valence-electron chi connectivity index (χ1n) is 7.79. The summed E-state index contributed by atoms with van der Waals surface area (Å²) in [6.07, 6.45) is 7.39. The third-order valence-electron chi connectivity index (χ3n) is 3.66. The van der Waals surface area contributed by atoms with E-state index in [2.05, 4.69) is 9.88 Å². The second-order valence-electron chi connectivity index (χ2n) is 5.81. The zero-order valence-corrected chi connectivity index (χ0v) is 13.4. The van der Waals surface area contributed by atoms with Crippen molar-refractivity contribution >= 4 is 12.0 Å². The molecule has 1 amide bonds. The Labute approximate surface area is 132 Å². The zero-order valence-electron chi connectivity index (χ0n) is 13.4. The van der Waals surface area contributed by atoms with Crippen LogP contribution in [0.2, 0.25) is 0 Å². The highest BCUT2D eigenvalue weighted by Crippen LogP contribution is 2.13. The van der Waals surface area contributed by atoms with Crippen molar-refractivity contribution < 1.29 is 9.53 Å². The molecule has 1 atom stereocenters. The molecular formula is C17H25N3O2. The van der Waals surface area contributed by atoms with Crippen LogP contribution < -0.4 is 0 Å². The van der Waals surface area contributed by atoms with E-state index < -0.39 is 0 Å². The number of nitrogens with zero attached hydrogens (tertiary/aromatic N) is 3. The van der Waals surface area contributed by atoms with Gasteiger partial charge in [0.15, 0.2) is 0 Å². The van der Waals surface area contributed by atoms with Gasteiger partial charge in [-0.05, 0) is 45.1 Å². The molecule has 0 aliphatic carbocycles. The number of amides is 1. The van der Waals surface area contributed by atoms with Gasteiger partial charge in [-0.25, -0.2) is 0 Å². The molecule has 0 unspecified atom stereocenters. The molecule has 1 aliphatic rings. The number of ether oxygens (including phenoxy) is 1. The van der Waals surface area contributed by atoms with E-state index in [1.165, 1.54) is 0 Å². The normalized spacial score (nSPS) is 18.2. The first-order chi connectivity index (χ1) is 10.6. The maximum atomic E-state index is 12.5. The lowest BCUT2D eigenvalue weighted by Gasteiger charge is -2.25. The molecule has 5 heteroatoms. The number of aromatic nitrogens is 1. The van der Waals surface area contributed by atoms with Crippen LogP contribution >= 0.6 is 0 Å². The molecule has 1 aromatic heterocycles. The maximum absolute atomic E-state index is 12.5. The fraction of sp³-hybridized carbons (Fsp3) is 0.529. The average Bonchev–Trinajstić information content (AvgIpc) is 3.03. The molecule has 0 N–H and O–H groups in total. The molecule has 0 bridgehead atoms. The van der Waals surface area contributed by atoms with E-state index in [9.17, 15) is 4.79 Å². The van der Waals surface area contributed by atoms with Crippen molar-refractivity contribution in [1.82, 2.24) is 14.8 Å². The van der Waals surface area contributed by atoms with Crippen LogP contribution in [0.15, 0.2) is 30.5 Å². The lowest BCUT2D eigenvalue weighted by Crippen LogP contribution is -2.40. The summed E-state index contributed by atoms with van der Waals surface area (Å²) < 4.78 is 5.66. The second kappa shape index (κ2) is 8.66. The van der Waals surface area contributed by atoms with Crippen LogP contribution in [0.1, 0.15) is 18.5 Å². The summed E-state index contributed by atoms with van der Waals surface area (Å²) in [6.45, 7) is 3.03. The quantitative estimate of drug-likeness (QED) is 0.719. The largest absolute Gasteiger partial charge is 0.376 e. The van der Waals surface area contributed by atoms with Gasteiger partial charge in [0, 0.05) is 38.5 Å². The van der Waals surface area contributed by atoms with Crippen LogP contribution in [-0.2, 0) is 9.53 Å². The van der Waals surface area contributed by atoms with Crippen LogP contribution in [0.4, 0.5) is 0 Å². The number of carbonyl (C=O) groups is 1. The number of rotatable bonds is 7. The smallest absolute Gasteiger partial charge is 0.246 e. The fourth-order valence-corrected chi connectivity index (χ4v) is 2.38. The van der Waals surface area contributed by atoms with E-state index in [4.69, 9.17) is 4.74 Å². The minimum atomic E-state index is 0.0167. The molecule has 2 rings (SSSR count). The Balaban J connectivity index is 1.95. The zero-order chi connectivity index (χ0) is 15.8. The topological polar surface area (TPSA) is 45.7 Å². The standard InChI is InChI=1S/C17H25N3O2/c1-19(2)11-12-20(14-16-7-5-13-22-16)17(21)9-8-15-6-3-4-10-18-15/h3-4,6,8-10,16H,5,7,11-14H2,1-2H3/b9-8-/t16-/m1/s1. The molecule has 1 saturated heterocycles. The first-order valence-corrected chi connectivity index (χ1v) is 7.79. The Bertz CT molecular complexity index is 482. The molecule has 2 heterocycles. The molecule has 5 nitrogen and oxygen atoms in total. The highest BCUT2D eigenvalue weighted by Gasteiger charge is 2.21. The van der Waals surface area contributed by atoms with Crippen molar-refractivity contribution in [3.63, 3.8) is 0 Å². The van der Waals surface area contributed by atoms with Crippen LogP contribution in [-0.4, -0.2) is 67.1 Å². The van der Waals surface area contributed by atoms with E-state index >= 15 is 0 Å². The number of hydrogen-bond donors (Lipinski definition) is 0. The summed E-state index contributed by atoms with van der Waals surface area (Å²) >= 11 is 0. The van der Waals surface area contributed by atoms with Gasteiger partial charge in [0.25, 0.3) is 0 Å². The van der Waals surface area contributed by atoms with Gasteiger partial charge in [-0.3, -0.25) is 9.78 Å². The van der Waals surface area contributed by atoms with Crippen LogP contribution in [0.25, 0.3) is 6.08 Å². The van der Waals surface area contributed by atoms with Crippen LogP contribution in [0.3, 0.4) is 0 Å². The highest BCUT2D eigenvalue weighted by molar-refractivity contribution is 5.91. The van der Waals surface area contributed by atoms with Crippen LogP contribution in [0, 0.1) is 0 Å². The van der Waals surface area contributed by atoms with E-state index in [1.807, 2.05) is 37.2 Å². The monoisotopic (exact) mass is 303 g/mol. The Kier molecular flexibility index (Phi) is 6.55. The van der Waals surface area contributed by atoms with Gasteiger partial charge in [0.1, 0.15) is 0 Å². The number of pyridine rings is 1. The summed E-state index contributed by atoms with van der Waals surface area (Å²) in [6, 6.07) is 5.65. The van der Waals surface area contributed by atoms with Gasteiger partial charge >= 0.3 is 0 Å². The molecule has 0 radical (unpaired) electrons. The Morgan fingerprint density at radius 1 is 1.41 bits per heavy atom. The number of hydrogen-bond acceptors (Lipinski definition) is 4. The Morgan fingerprint density at radius 2 is 2.27 bits per heavy atom. The predicted molar refractivity (Wildman–Crippen MR) is 87.4 cm³/mol. The molecule has 1 aliphatic heterocycles. The molecule has 0 spiro atoms. The van der Waals surface area contributed by atoms with Crippen LogP contribution in [0.5, 0.6) is 0 Å². The first kappa shape index (κ1) is 16.6. The maximum Gasteiger partial charge on any atom is 0.246 e. The molecule has 22 heavy (non-hydrogen) atoms. The molecule has 120 valence electrons. The summed E-state index contributed by atoms with van der Waals surface area (Å²) in [5, 5.41) is 0. The lowest BCUT2D eigenvalue weighted by atomic mass is 10.2. The summed E-state index contributed by atoms with van der Waals surface area (Å²) in [4.78, 5) is 20.6. The molecule has 1 aromatic rings. The lowest BCUT2D eigenvalue weighted by molar-refractivity contribution is -0.127. The minimum Gasteiger partial charge on any atom is -0.376 e. The molecule has 0 aromatic carbocycles. The van der Waals surface area contributed by atoms with Crippen molar-refractivity contribution in [2.45, 2.75) is 18.9 Å². The average molecular weight is 303 g/mol. The molecule has 1 fully saturated rings. The summed E-state index contributed by atoms with van der Waals surface area (Å²) in [5.74, 6) is 0.0167. The molecular weight excluding hydrogens is 278 g/mol. The van der Waals surface area contributed by atoms with Gasteiger partial charge in [-0.1, -0.05) is 6.07 Å². The third-order valence-corrected chi connectivity index (χ3v) is 3.66. The van der Waals surface area contributed by atoms with E-state index in [0.717, 1.165) is 31.7 Å². The van der Waals surface area contributed by atoms with E-state index in [1.54, 1.807) is 18.3 Å². The highest BCUT2D eigenvalue weighted by atomic mass is 16.5. The second-order valence-corrected chi connectivity index (χ2v) is 5.81. The fourth-order valence-electron chi connectivity index (χ4n) is 2.38. The summed E-state index contributed by atoms with van der Waals surface area (Å²) in [7, 11) is 4.02. The van der Waals surface area contributed by atoms with Gasteiger partial charge in [-0.15, -0.1) is 0 Å². The van der Waals surface area contributed by atoms with Gasteiger partial charge in [-0.2, -0.15) is 0 Å². The van der Waals surface area contributed by atoms with Crippen molar-refractivity contribution in [2.75, 3.05) is 40.3 Å². The SMILES string of the molecule is CN(C)CCN(C[C@H]1CCCO1)C(=O)/C=C\c1ccccn1. The van der Waals surface area contributed by atoms with Gasteiger partial charge in [0.05, 0.1) is 11.8 Å². The van der Waals surface area contributed by atoms with Crippen molar-refractivity contribution in [3.05, 3.63) is 36.2 Å². The minimum absolute atomic E-state index is 0.0167. The number of carbonyl (C=O) groups excluding carboxylic acids is 1. The van der Waals surface area contributed by atoms with Gasteiger partial charge in [0.2, 0.25) is 5.91 Å². The Hall–Kier alpha value is -1.72.